The average molecular weight is 385 g/mol. The summed E-state index contributed by atoms with van der Waals surface area (Å²) in [6, 6.07) is 6.52. The molecule has 2 aromatic carbocycles. The molecule has 2 aromatic rings. The maximum absolute atomic E-state index is 5.73. The third-order valence-electron chi connectivity index (χ3n) is 5.94. The summed E-state index contributed by atoms with van der Waals surface area (Å²) in [5, 5.41) is 0. The van der Waals surface area contributed by atoms with Gasteiger partial charge in [0.2, 0.25) is 5.75 Å². The molecule has 150 valence electrons. The Morgan fingerprint density at radius 3 is 2.14 bits per heavy atom. The van der Waals surface area contributed by atoms with Gasteiger partial charge < -0.3 is 23.7 Å². The fourth-order valence-electron chi connectivity index (χ4n) is 4.63. The summed E-state index contributed by atoms with van der Waals surface area (Å²) in [6.45, 7) is 1.78. The number of benzene rings is 2. The summed E-state index contributed by atoms with van der Waals surface area (Å²) >= 11 is 0. The van der Waals surface area contributed by atoms with Crippen molar-refractivity contribution in [2.75, 3.05) is 42.1 Å². The van der Waals surface area contributed by atoms with E-state index >= 15 is 0 Å². The Balaban J connectivity index is 1.82. The molecule has 0 saturated heterocycles. The highest BCUT2D eigenvalue weighted by atomic mass is 16.5. The number of rotatable bonds is 5. The topological polar surface area (TPSA) is 49.4 Å². The number of methoxy groups -OCH3 is 5. The van der Waals surface area contributed by atoms with Gasteiger partial charge in [-0.25, -0.2) is 0 Å². The highest BCUT2D eigenvalue weighted by molar-refractivity contribution is 5.61. The number of hydrogen-bond donors (Lipinski definition) is 0. The molecule has 0 unspecified atom stereocenters. The molecule has 2 aliphatic heterocycles. The van der Waals surface area contributed by atoms with E-state index in [1.54, 1.807) is 35.5 Å². The van der Waals surface area contributed by atoms with Crippen molar-refractivity contribution >= 4 is 0 Å². The minimum atomic E-state index is 0.267. The van der Waals surface area contributed by atoms with Gasteiger partial charge in [0.25, 0.3) is 0 Å². The van der Waals surface area contributed by atoms with Gasteiger partial charge in [-0.2, -0.15) is 0 Å². The molecule has 0 amide bonds. The predicted molar refractivity (Wildman–Crippen MR) is 106 cm³/mol. The summed E-state index contributed by atoms with van der Waals surface area (Å²) in [7, 11) is 8.39. The van der Waals surface area contributed by atoms with Crippen LogP contribution in [0.2, 0.25) is 0 Å². The first-order valence-corrected chi connectivity index (χ1v) is 9.45. The van der Waals surface area contributed by atoms with Gasteiger partial charge >= 0.3 is 0 Å². The second-order valence-electron chi connectivity index (χ2n) is 7.09. The maximum atomic E-state index is 5.73. The lowest BCUT2D eigenvalue weighted by molar-refractivity contribution is 0.155. The molecular weight excluding hydrogens is 358 g/mol. The van der Waals surface area contributed by atoms with Crippen LogP contribution in [0.1, 0.15) is 28.3 Å². The molecule has 0 aromatic heterocycles. The SMILES string of the molecule is COc1ccc2c(c1OC)CN1CCc3c(cc(OC)c(OC)c3OC)[C@@H]1C2. The van der Waals surface area contributed by atoms with Gasteiger partial charge in [-0.15, -0.1) is 0 Å². The summed E-state index contributed by atoms with van der Waals surface area (Å²) in [4.78, 5) is 2.50. The van der Waals surface area contributed by atoms with Crippen LogP contribution in [0.4, 0.5) is 0 Å². The van der Waals surface area contributed by atoms with Gasteiger partial charge in [0.15, 0.2) is 23.0 Å². The summed E-state index contributed by atoms with van der Waals surface area (Å²) in [6.07, 6.45) is 1.80. The molecule has 6 heteroatoms. The van der Waals surface area contributed by atoms with Gasteiger partial charge in [0.05, 0.1) is 35.5 Å². The van der Waals surface area contributed by atoms with Crippen LogP contribution in [0.25, 0.3) is 0 Å². The molecule has 0 saturated carbocycles. The number of ether oxygens (including phenoxy) is 5. The molecule has 2 heterocycles. The Hall–Kier alpha value is -2.60. The average Bonchev–Trinajstić information content (AvgIpc) is 2.74. The molecule has 2 aliphatic rings. The number of nitrogens with zero attached hydrogens (tertiary/aromatic N) is 1. The molecule has 6 nitrogen and oxygen atoms in total. The number of fused-ring (bicyclic) bond motifs is 4. The van der Waals surface area contributed by atoms with Crippen molar-refractivity contribution in [3.8, 4) is 28.7 Å². The highest BCUT2D eigenvalue weighted by Crippen LogP contribution is 2.50. The molecule has 0 aliphatic carbocycles. The Labute approximate surface area is 165 Å². The smallest absolute Gasteiger partial charge is 0.203 e. The predicted octanol–water partition coefficient (Wildman–Crippen LogP) is 3.39. The normalized spacial score (nSPS) is 17.8. The van der Waals surface area contributed by atoms with Crippen LogP contribution in [-0.2, 0) is 19.4 Å². The first-order valence-electron chi connectivity index (χ1n) is 9.45. The minimum absolute atomic E-state index is 0.267. The molecule has 0 bridgehead atoms. The summed E-state index contributed by atoms with van der Waals surface area (Å²) in [5.41, 5.74) is 4.97. The van der Waals surface area contributed by atoms with Crippen LogP contribution in [0.15, 0.2) is 18.2 Å². The molecule has 0 spiro atoms. The molecule has 0 fully saturated rings. The van der Waals surface area contributed by atoms with Crippen LogP contribution in [0.5, 0.6) is 28.7 Å². The Morgan fingerprint density at radius 1 is 0.786 bits per heavy atom. The quantitative estimate of drug-likeness (QED) is 0.786. The van der Waals surface area contributed by atoms with E-state index in [2.05, 4.69) is 17.0 Å². The zero-order chi connectivity index (χ0) is 19.8. The molecule has 28 heavy (non-hydrogen) atoms. The lowest BCUT2D eigenvalue weighted by Gasteiger charge is -2.42. The van der Waals surface area contributed by atoms with E-state index in [0.717, 1.165) is 43.2 Å². The van der Waals surface area contributed by atoms with Crippen molar-refractivity contribution in [1.82, 2.24) is 4.90 Å². The highest BCUT2D eigenvalue weighted by Gasteiger charge is 2.37. The van der Waals surface area contributed by atoms with Gasteiger partial charge in [0, 0.05) is 30.3 Å². The van der Waals surface area contributed by atoms with Gasteiger partial charge in [-0.05, 0) is 36.1 Å². The van der Waals surface area contributed by atoms with Crippen molar-refractivity contribution in [2.24, 2.45) is 0 Å². The number of hydrogen-bond acceptors (Lipinski definition) is 6. The summed E-state index contributed by atoms with van der Waals surface area (Å²) in [5.74, 6) is 3.78. The Bertz CT molecular complexity index is 895. The lowest BCUT2D eigenvalue weighted by Crippen LogP contribution is -2.39. The molecular formula is C22H27NO5. The first kappa shape index (κ1) is 18.7. The van der Waals surface area contributed by atoms with E-state index in [4.69, 9.17) is 23.7 Å². The largest absolute Gasteiger partial charge is 0.493 e. The van der Waals surface area contributed by atoms with Gasteiger partial charge in [0.1, 0.15) is 0 Å². The monoisotopic (exact) mass is 385 g/mol. The molecule has 4 rings (SSSR count). The van der Waals surface area contributed by atoms with Crippen LogP contribution < -0.4 is 23.7 Å². The van der Waals surface area contributed by atoms with E-state index in [9.17, 15) is 0 Å². The van der Waals surface area contributed by atoms with Crippen molar-refractivity contribution < 1.29 is 23.7 Å². The minimum Gasteiger partial charge on any atom is -0.493 e. The molecule has 0 radical (unpaired) electrons. The van der Waals surface area contributed by atoms with Gasteiger partial charge in [-0.3, -0.25) is 4.90 Å². The van der Waals surface area contributed by atoms with Crippen molar-refractivity contribution in [3.05, 3.63) is 40.5 Å². The van der Waals surface area contributed by atoms with E-state index in [-0.39, 0.29) is 6.04 Å². The Kier molecular flexibility index (Phi) is 4.98. The van der Waals surface area contributed by atoms with Crippen LogP contribution >= 0.6 is 0 Å². The van der Waals surface area contributed by atoms with Crippen LogP contribution in [0.3, 0.4) is 0 Å². The zero-order valence-corrected chi connectivity index (χ0v) is 17.1. The van der Waals surface area contributed by atoms with E-state index in [0.29, 0.717) is 11.5 Å². The first-order chi connectivity index (χ1) is 13.7. The van der Waals surface area contributed by atoms with E-state index in [1.165, 1.54) is 22.3 Å². The molecule has 0 N–H and O–H groups in total. The Morgan fingerprint density at radius 2 is 1.50 bits per heavy atom. The standard InChI is InChI=1S/C22H27NO5/c1-24-18-7-6-13-10-17-15-11-19(25-2)22(28-5)21(27-4)14(15)8-9-23(17)12-16(13)20(18)26-3/h6-7,11,17H,8-10,12H2,1-5H3/t17-/m0/s1. The maximum Gasteiger partial charge on any atom is 0.203 e. The van der Waals surface area contributed by atoms with E-state index < -0.39 is 0 Å². The van der Waals surface area contributed by atoms with E-state index in [1.807, 2.05) is 6.07 Å². The van der Waals surface area contributed by atoms with Crippen molar-refractivity contribution in [2.45, 2.75) is 25.4 Å². The fourth-order valence-corrected chi connectivity index (χ4v) is 4.63. The third-order valence-corrected chi connectivity index (χ3v) is 5.94. The van der Waals surface area contributed by atoms with Crippen molar-refractivity contribution in [3.63, 3.8) is 0 Å². The zero-order valence-electron chi connectivity index (χ0n) is 17.1. The fraction of sp³-hybridized carbons (Fsp3) is 0.455. The summed E-state index contributed by atoms with van der Waals surface area (Å²) < 4.78 is 28.1. The van der Waals surface area contributed by atoms with Crippen LogP contribution in [0, 0.1) is 0 Å². The third kappa shape index (κ3) is 2.75. The van der Waals surface area contributed by atoms with Gasteiger partial charge in [-0.1, -0.05) is 6.07 Å². The lowest BCUT2D eigenvalue weighted by atomic mass is 9.83. The second kappa shape index (κ2) is 7.43. The molecule has 1 atom stereocenters. The van der Waals surface area contributed by atoms with Crippen LogP contribution in [-0.4, -0.2) is 47.0 Å². The second-order valence-corrected chi connectivity index (χ2v) is 7.09. The van der Waals surface area contributed by atoms with Crippen molar-refractivity contribution in [1.29, 1.82) is 0 Å².